The van der Waals surface area contributed by atoms with Gasteiger partial charge in [0, 0.05) is 0 Å². The van der Waals surface area contributed by atoms with E-state index in [4.69, 9.17) is 4.52 Å². The molecule has 4 saturated heterocycles. The van der Waals surface area contributed by atoms with Crippen molar-refractivity contribution in [3.8, 4) is 5.69 Å². The topological polar surface area (TPSA) is 17.3 Å². The molecular weight excluding hydrogens is 490 g/mol. The first-order valence-corrected chi connectivity index (χ1v) is 17.8. The number of aromatic nitrogens is 1. The minimum absolute atomic E-state index is 0.0784. The molecule has 0 spiro atoms. The van der Waals surface area contributed by atoms with E-state index in [2.05, 4.69) is 118 Å². The Bertz CT molecular complexity index is 2050. The zero-order chi connectivity index (χ0) is 24.8. The van der Waals surface area contributed by atoms with Crippen molar-refractivity contribution >= 4 is 104 Å². The first kappa shape index (κ1) is 20.6. The van der Waals surface area contributed by atoms with Crippen LogP contribution in [0.5, 0.6) is 0 Å². The first-order valence-electron chi connectivity index (χ1n) is 13.9. The maximum absolute atomic E-state index is 5.90. The first-order chi connectivity index (χ1) is 18.5. The third-order valence-corrected chi connectivity index (χ3v) is 19.1. The maximum atomic E-state index is 5.90. The van der Waals surface area contributed by atoms with E-state index in [1.807, 2.05) is 0 Å². The van der Waals surface area contributed by atoms with Crippen molar-refractivity contribution in [3.05, 3.63) is 90.0 Å². The second kappa shape index (κ2) is 5.89. The number of nitrogens with zero attached hydrogens (tertiary/aromatic N) is 2. The second-order valence-electron chi connectivity index (χ2n) is 12.8. The number of hydrogen-bond acceptors (Lipinski definition) is 1. The average molecular weight is 509 g/mol. The normalized spacial score (nSPS) is 23.0. The SMILES string of the molecule is CC1(C)c2ccccc2B2c3ccccc3-n3c4ccccc4c4cc(P56(N=[P+]7B8[B-]B87)[B]B5[B-]6)c1c2c43. The molecule has 0 atom stereocenters. The molecule has 4 aromatic carbocycles. The van der Waals surface area contributed by atoms with Crippen LogP contribution in [-0.2, 0) is 5.41 Å². The fraction of sp³-hybridized carbons (Fsp3) is 0.111. The molecule has 7 heterocycles. The van der Waals surface area contributed by atoms with Crippen molar-refractivity contribution < 1.29 is 0 Å². The quantitative estimate of drug-likeness (QED) is 0.253. The van der Waals surface area contributed by atoms with E-state index >= 15 is 0 Å². The van der Waals surface area contributed by atoms with Crippen molar-refractivity contribution in [1.29, 1.82) is 0 Å². The number of benzene rings is 4. The van der Waals surface area contributed by atoms with Crippen LogP contribution >= 0.6 is 13.9 Å². The van der Waals surface area contributed by atoms with E-state index in [-0.39, 0.29) is 19.6 Å². The molecule has 0 aliphatic carbocycles. The molecule has 5 radical (unpaired) electrons. The summed E-state index contributed by atoms with van der Waals surface area (Å²) in [6.45, 7) is 10.6. The summed E-state index contributed by atoms with van der Waals surface area (Å²) in [7, 11) is 2.40. The van der Waals surface area contributed by atoms with Gasteiger partial charge in [0.05, 0.1) is 0 Å². The number of para-hydroxylation sites is 2. The van der Waals surface area contributed by atoms with Gasteiger partial charge in [0.1, 0.15) is 0 Å². The Hall–Kier alpha value is -2.34. The molecule has 6 aliphatic rings. The van der Waals surface area contributed by atoms with Gasteiger partial charge in [-0.1, -0.05) is 0 Å². The van der Waals surface area contributed by atoms with E-state index in [0.29, 0.717) is 6.21 Å². The third-order valence-electron chi connectivity index (χ3n) is 10.7. The third kappa shape index (κ3) is 2.04. The summed E-state index contributed by atoms with van der Waals surface area (Å²) in [5, 5.41) is 4.42. The van der Waals surface area contributed by atoms with Crippen LogP contribution in [0.3, 0.4) is 0 Å². The van der Waals surface area contributed by atoms with Gasteiger partial charge < -0.3 is 0 Å². The summed E-state index contributed by atoms with van der Waals surface area (Å²) in [5.41, 5.74) is 11.6. The Morgan fingerprint density at radius 1 is 0.921 bits per heavy atom. The predicted molar refractivity (Wildman–Crippen MR) is 174 cm³/mol. The fourth-order valence-electron chi connectivity index (χ4n) is 8.44. The molecule has 0 unspecified atom stereocenters. The number of rotatable bonds is 2. The molecule has 0 N–H and O–H groups in total. The molecule has 38 heavy (non-hydrogen) atoms. The van der Waals surface area contributed by atoms with Crippen LogP contribution in [0, 0.1) is 0 Å². The predicted octanol–water partition coefficient (Wildman–Crippen LogP) is 3.05. The van der Waals surface area contributed by atoms with E-state index < -0.39 is 6.39 Å². The van der Waals surface area contributed by atoms with Gasteiger partial charge in [-0.05, 0) is 0 Å². The van der Waals surface area contributed by atoms with Gasteiger partial charge in [-0.25, -0.2) is 0 Å². The van der Waals surface area contributed by atoms with E-state index in [9.17, 15) is 0 Å². The molecule has 0 saturated carbocycles. The van der Waals surface area contributed by atoms with Gasteiger partial charge >= 0.3 is 228 Å². The summed E-state index contributed by atoms with van der Waals surface area (Å²) in [5.74, 6) is 0. The van der Waals surface area contributed by atoms with Gasteiger partial charge in [-0.3, -0.25) is 0 Å². The summed E-state index contributed by atoms with van der Waals surface area (Å²) in [4.78, 5) is 0. The van der Waals surface area contributed by atoms with Crippen molar-refractivity contribution in [2.45, 2.75) is 19.3 Å². The van der Waals surface area contributed by atoms with Gasteiger partial charge in [0.2, 0.25) is 0 Å². The van der Waals surface area contributed by atoms with Gasteiger partial charge in [-0.15, -0.1) is 0 Å². The van der Waals surface area contributed by atoms with Crippen molar-refractivity contribution in [3.63, 3.8) is 0 Å². The van der Waals surface area contributed by atoms with Gasteiger partial charge in [-0.2, -0.15) is 0 Å². The van der Waals surface area contributed by atoms with E-state index in [0.717, 1.165) is 12.4 Å². The second-order valence-corrected chi connectivity index (χ2v) is 19.8. The average Bonchev–Trinajstić information content (AvgIpc) is 3.84. The van der Waals surface area contributed by atoms with Crippen LogP contribution in [0.15, 0.2) is 83.4 Å². The van der Waals surface area contributed by atoms with Crippen molar-refractivity contribution in [1.82, 2.24) is 4.57 Å². The summed E-state index contributed by atoms with van der Waals surface area (Å²) in [6.07, 6.45) is -0.0541. The summed E-state index contributed by atoms with van der Waals surface area (Å²) in [6, 6.07) is 30.2. The van der Waals surface area contributed by atoms with Crippen molar-refractivity contribution in [2.24, 2.45) is 4.52 Å². The summed E-state index contributed by atoms with van der Waals surface area (Å²) >= 11 is 0. The molecule has 0 bridgehead atoms. The fourth-order valence-corrected chi connectivity index (χ4v) is 18.0. The van der Waals surface area contributed by atoms with Crippen LogP contribution in [-0.4, -0.2) is 50.8 Å². The molecule has 6 aliphatic heterocycles. The molecule has 0 amide bonds. The Morgan fingerprint density at radius 3 is 2.39 bits per heavy atom. The number of hydrogen-bond donors (Lipinski definition) is 0. The molecule has 5 aromatic rings. The summed E-state index contributed by atoms with van der Waals surface area (Å²) < 4.78 is 8.48. The van der Waals surface area contributed by atoms with Gasteiger partial charge in [0.15, 0.2) is 0 Å². The Morgan fingerprint density at radius 2 is 1.63 bits per heavy atom. The molecular formula is C27H19B7N2P2-. The Kier molecular flexibility index (Phi) is 3.19. The molecule has 4 fully saturated rings. The molecule has 1 aromatic heterocycles. The van der Waals surface area contributed by atoms with Crippen LogP contribution < -0.4 is 21.7 Å². The zero-order valence-corrected chi connectivity index (χ0v) is 23.1. The van der Waals surface area contributed by atoms with Crippen molar-refractivity contribution in [2.75, 3.05) is 0 Å². The zero-order valence-electron chi connectivity index (χ0n) is 21.3. The minimum atomic E-state index is -2.39. The molecule has 169 valence electrons. The van der Waals surface area contributed by atoms with Gasteiger partial charge in [0.25, 0.3) is 0 Å². The Balaban J connectivity index is 1.39. The standard InChI is InChI=1S/C27H19B7N2P2/c1-27(2)18-10-4-5-11-19(18)31-20-12-6-8-14-22(20)36-21-13-7-3-9-16(21)17-15-23(24(27)25(31)26(17)36)38(29-32(38)30-38)35-37-33-28-34(33)37/h3-15H,1-2H3/q-1. The van der Waals surface area contributed by atoms with Crippen LogP contribution in [0.4, 0.5) is 0 Å². The van der Waals surface area contributed by atoms with Crippen LogP contribution in [0.2, 0.25) is 0 Å². The molecule has 2 nitrogen and oxygen atoms in total. The van der Waals surface area contributed by atoms with E-state index in [1.165, 1.54) is 44.0 Å². The number of fused-ring (bicyclic) bond motifs is 10. The van der Waals surface area contributed by atoms with Crippen LogP contribution in [0.1, 0.15) is 25.0 Å². The monoisotopic (exact) mass is 510 g/mol. The van der Waals surface area contributed by atoms with E-state index in [1.54, 1.807) is 16.3 Å². The van der Waals surface area contributed by atoms with Crippen LogP contribution in [0.25, 0.3) is 27.5 Å². The Labute approximate surface area is 226 Å². The molecule has 11 rings (SSSR count). The molecule has 11 heteroatoms.